The Bertz CT molecular complexity index is 180. The van der Waals surface area contributed by atoms with Crippen LogP contribution in [0, 0.1) is 5.92 Å². The Hall–Kier alpha value is -0.530. The molecule has 1 unspecified atom stereocenters. The average Bonchev–Trinajstić information content (AvgIpc) is 2.34. The number of unbranched alkanes of at least 4 members (excludes halogenated alkanes) is 6. The zero-order valence-electron chi connectivity index (χ0n) is 12.1. The minimum atomic E-state index is 0.193. The molecule has 0 radical (unpaired) electrons. The highest BCUT2D eigenvalue weighted by molar-refractivity contribution is 5.78. The lowest BCUT2D eigenvalue weighted by atomic mass is 10.0. The maximum atomic E-state index is 11.7. The van der Waals surface area contributed by atoms with E-state index >= 15 is 0 Å². The molecule has 0 aliphatic heterocycles. The molecule has 0 heterocycles. The monoisotopic (exact) mass is 241 g/mol. The zero-order chi connectivity index (χ0) is 12.9. The van der Waals surface area contributed by atoms with Crippen LogP contribution in [0.5, 0.6) is 0 Å². The number of nitrogens with one attached hydrogen (secondary N) is 1. The lowest BCUT2D eigenvalue weighted by molar-refractivity contribution is -0.124. The largest absolute Gasteiger partial charge is 0.356 e. The second-order valence-corrected chi connectivity index (χ2v) is 5.10. The fourth-order valence-electron chi connectivity index (χ4n) is 1.95. The van der Waals surface area contributed by atoms with Crippen LogP contribution in [0.25, 0.3) is 0 Å². The van der Waals surface area contributed by atoms with Crippen LogP contribution in [-0.4, -0.2) is 12.5 Å². The van der Waals surface area contributed by atoms with Crippen molar-refractivity contribution in [1.82, 2.24) is 5.32 Å². The number of hydrogen-bond acceptors (Lipinski definition) is 1. The normalized spacial score (nSPS) is 12.4. The van der Waals surface area contributed by atoms with E-state index in [0.29, 0.717) is 0 Å². The van der Waals surface area contributed by atoms with E-state index in [1.807, 2.05) is 6.92 Å². The van der Waals surface area contributed by atoms with E-state index < -0.39 is 0 Å². The van der Waals surface area contributed by atoms with Crippen LogP contribution < -0.4 is 5.32 Å². The van der Waals surface area contributed by atoms with Crippen molar-refractivity contribution in [2.24, 2.45) is 5.92 Å². The molecule has 0 spiro atoms. The summed E-state index contributed by atoms with van der Waals surface area (Å²) in [4.78, 5) is 11.7. The van der Waals surface area contributed by atoms with E-state index in [1.165, 1.54) is 44.9 Å². The Labute approximate surface area is 108 Å². The number of amides is 1. The van der Waals surface area contributed by atoms with Gasteiger partial charge in [-0.2, -0.15) is 0 Å². The highest BCUT2D eigenvalue weighted by Crippen LogP contribution is 2.10. The standard InChI is InChI=1S/C15H31NO/c1-4-6-8-10-12-14(3)15(17)16-13-11-9-7-5-2/h14H,4-13H2,1-3H3,(H,16,17). The van der Waals surface area contributed by atoms with Gasteiger partial charge in [0.05, 0.1) is 0 Å². The molecule has 2 nitrogen and oxygen atoms in total. The van der Waals surface area contributed by atoms with Gasteiger partial charge in [0.25, 0.3) is 0 Å². The van der Waals surface area contributed by atoms with Gasteiger partial charge in [0.1, 0.15) is 0 Å². The van der Waals surface area contributed by atoms with Crippen molar-refractivity contribution >= 4 is 5.91 Å². The number of carbonyl (C=O) groups is 1. The number of hydrogen-bond donors (Lipinski definition) is 1. The third-order valence-electron chi connectivity index (χ3n) is 3.27. The molecule has 0 saturated heterocycles. The first-order valence-electron chi connectivity index (χ1n) is 7.50. The Balaban J connectivity index is 3.40. The molecule has 1 atom stereocenters. The Morgan fingerprint density at radius 1 is 0.941 bits per heavy atom. The van der Waals surface area contributed by atoms with Crippen molar-refractivity contribution in [1.29, 1.82) is 0 Å². The van der Waals surface area contributed by atoms with Crippen LogP contribution in [0.1, 0.15) is 78.6 Å². The summed E-state index contributed by atoms with van der Waals surface area (Å²) in [5.41, 5.74) is 0. The quantitative estimate of drug-likeness (QED) is 0.537. The summed E-state index contributed by atoms with van der Waals surface area (Å²) in [6, 6.07) is 0. The fraction of sp³-hybridized carbons (Fsp3) is 0.933. The van der Waals surface area contributed by atoms with Crippen LogP contribution in [0.3, 0.4) is 0 Å². The van der Waals surface area contributed by atoms with Gasteiger partial charge >= 0.3 is 0 Å². The van der Waals surface area contributed by atoms with E-state index in [1.54, 1.807) is 0 Å². The summed E-state index contributed by atoms with van der Waals surface area (Å²) >= 11 is 0. The second kappa shape index (κ2) is 11.9. The molecular weight excluding hydrogens is 210 g/mol. The molecule has 0 fully saturated rings. The maximum absolute atomic E-state index is 11.7. The molecule has 2 heteroatoms. The van der Waals surface area contributed by atoms with Gasteiger partial charge in [-0.15, -0.1) is 0 Å². The summed E-state index contributed by atoms with van der Waals surface area (Å²) in [6.45, 7) is 7.33. The lowest BCUT2D eigenvalue weighted by Crippen LogP contribution is -2.30. The predicted octanol–water partition coefficient (Wildman–Crippen LogP) is 4.29. The topological polar surface area (TPSA) is 29.1 Å². The van der Waals surface area contributed by atoms with E-state index in [0.717, 1.165) is 19.4 Å². The molecule has 17 heavy (non-hydrogen) atoms. The Kier molecular flexibility index (Phi) is 11.6. The van der Waals surface area contributed by atoms with Crippen molar-refractivity contribution in [3.05, 3.63) is 0 Å². The number of carbonyl (C=O) groups excluding carboxylic acids is 1. The Morgan fingerprint density at radius 3 is 2.12 bits per heavy atom. The minimum Gasteiger partial charge on any atom is -0.356 e. The van der Waals surface area contributed by atoms with Crippen LogP contribution in [-0.2, 0) is 4.79 Å². The van der Waals surface area contributed by atoms with Gasteiger partial charge in [0.15, 0.2) is 0 Å². The van der Waals surface area contributed by atoms with Crippen molar-refractivity contribution < 1.29 is 4.79 Å². The van der Waals surface area contributed by atoms with Crippen LogP contribution in [0.15, 0.2) is 0 Å². The molecule has 0 aromatic rings. The van der Waals surface area contributed by atoms with E-state index in [9.17, 15) is 4.79 Å². The first-order valence-corrected chi connectivity index (χ1v) is 7.50. The van der Waals surface area contributed by atoms with Crippen LogP contribution >= 0.6 is 0 Å². The molecule has 0 aliphatic carbocycles. The van der Waals surface area contributed by atoms with Crippen molar-refractivity contribution in [2.45, 2.75) is 78.6 Å². The van der Waals surface area contributed by atoms with Crippen LogP contribution in [0.4, 0.5) is 0 Å². The van der Waals surface area contributed by atoms with Gasteiger partial charge in [-0.3, -0.25) is 4.79 Å². The second-order valence-electron chi connectivity index (χ2n) is 5.10. The van der Waals surface area contributed by atoms with Crippen molar-refractivity contribution in [3.8, 4) is 0 Å². The molecule has 0 rings (SSSR count). The summed E-state index contributed by atoms with van der Waals surface area (Å²) in [5.74, 6) is 0.441. The van der Waals surface area contributed by atoms with Gasteiger partial charge in [0, 0.05) is 12.5 Å². The van der Waals surface area contributed by atoms with Gasteiger partial charge in [0.2, 0.25) is 5.91 Å². The maximum Gasteiger partial charge on any atom is 0.222 e. The van der Waals surface area contributed by atoms with Gasteiger partial charge < -0.3 is 5.32 Å². The summed E-state index contributed by atoms with van der Waals surface area (Å²) in [5, 5.41) is 3.04. The van der Waals surface area contributed by atoms with Gasteiger partial charge in [-0.05, 0) is 12.8 Å². The van der Waals surface area contributed by atoms with E-state index in [2.05, 4.69) is 19.2 Å². The SMILES string of the molecule is CCCCCCNC(=O)C(C)CCCCCC. The molecule has 1 N–H and O–H groups in total. The summed E-state index contributed by atoms with van der Waals surface area (Å²) < 4.78 is 0. The Morgan fingerprint density at radius 2 is 1.53 bits per heavy atom. The van der Waals surface area contributed by atoms with Crippen LogP contribution in [0.2, 0.25) is 0 Å². The molecular formula is C15H31NO. The molecule has 0 aliphatic rings. The summed E-state index contributed by atoms with van der Waals surface area (Å²) in [6.07, 6.45) is 11.0. The van der Waals surface area contributed by atoms with Gasteiger partial charge in [-0.25, -0.2) is 0 Å². The average molecular weight is 241 g/mol. The fourth-order valence-corrected chi connectivity index (χ4v) is 1.95. The first kappa shape index (κ1) is 16.5. The van der Waals surface area contributed by atoms with Crippen molar-refractivity contribution in [3.63, 3.8) is 0 Å². The predicted molar refractivity (Wildman–Crippen MR) is 75.1 cm³/mol. The molecule has 0 aromatic heterocycles. The van der Waals surface area contributed by atoms with Gasteiger partial charge in [-0.1, -0.05) is 65.7 Å². The van der Waals surface area contributed by atoms with Crippen molar-refractivity contribution in [2.75, 3.05) is 6.54 Å². The zero-order valence-corrected chi connectivity index (χ0v) is 12.1. The first-order chi connectivity index (χ1) is 8.22. The molecule has 0 aromatic carbocycles. The molecule has 1 amide bonds. The third-order valence-corrected chi connectivity index (χ3v) is 3.27. The lowest BCUT2D eigenvalue weighted by Gasteiger charge is -2.11. The van der Waals surface area contributed by atoms with E-state index in [-0.39, 0.29) is 11.8 Å². The number of rotatable bonds is 11. The summed E-state index contributed by atoms with van der Waals surface area (Å²) in [7, 11) is 0. The molecule has 102 valence electrons. The molecule has 0 saturated carbocycles. The molecule has 0 bridgehead atoms. The minimum absolute atomic E-state index is 0.193. The third kappa shape index (κ3) is 10.3. The van der Waals surface area contributed by atoms with E-state index in [4.69, 9.17) is 0 Å². The smallest absolute Gasteiger partial charge is 0.222 e. The highest BCUT2D eigenvalue weighted by Gasteiger charge is 2.11. The highest BCUT2D eigenvalue weighted by atomic mass is 16.1.